The van der Waals surface area contributed by atoms with Crippen LogP contribution in [0.25, 0.3) is 0 Å². The van der Waals surface area contributed by atoms with Gasteiger partial charge in [-0.25, -0.2) is 4.98 Å². The van der Waals surface area contributed by atoms with Gasteiger partial charge in [0.05, 0.1) is 17.2 Å². The molecule has 0 amide bonds. The minimum absolute atomic E-state index is 0.110. The minimum Gasteiger partial charge on any atom is -0.391 e. The van der Waals surface area contributed by atoms with Crippen molar-refractivity contribution in [2.45, 2.75) is 32.9 Å². The first-order chi connectivity index (χ1) is 8.81. The Morgan fingerprint density at radius 3 is 3.11 bits per heavy atom. The highest BCUT2D eigenvalue weighted by molar-refractivity contribution is 7.15. The molecule has 96 valence electrons. The number of aromatic nitrogens is 1. The first-order valence-corrected chi connectivity index (χ1v) is 7.91. The van der Waals surface area contributed by atoms with Crippen LogP contribution in [0.2, 0.25) is 0 Å². The van der Waals surface area contributed by atoms with Crippen LogP contribution < -0.4 is 4.90 Å². The summed E-state index contributed by atoms with van der Waals surface area (Å²) in [7, 11) is 0. The fourth-order valence-corrected chi connectivity index (χ4v) is 4.24. The maximum absolute atomic E-state index is 9.34. The Kier molecular flexibility index (Phi) is 3.37. The minimum atomic E-state index is 0.110. The monoisotopic (exact) mass is 280 g/mol. The van der Waals surface area contributed by atoms with E-state index in [1.165, 1.54) is 10.4 Å². The average Bonchev–Trinajstić information content (AvgIpc) is 3.03. The predicted octanol–water partition coefficient (Wildman–Crippen LogP) is 2.82. The molecule has 0 spiro atoms. The second-order valence-electron chi connectivity index (χ2n) is 4.42. The van der Waals surface area contributed by atoms with Gasteiger partial charge in [-0.05, 0) is 29.9 Å². The van der Waals surface area contributed by atoms with Gasteiger partial charge in [-0.3, -0.25) is 0 Å². The summed E-state index contributed by atoms with van der Waals surface area (Å²) in [6.07, 6.45) is 2.01. The molecule has 0 saturated heterocycles. The normalized spacial score (nSPS) is 14.9. The third-order valence-electron chi connectivity index (χ3n) is 3.32. The van der Waals surface area contributed by atoms with Crippen molar-refractivity contribution in [3.8, 4) is 0 Å². The molecule has 1 aliphatic rings. The number of hydrogen-bond donors (Lipinski definition) is 1. The Morgan fingerprint density at radius 1 is 1.50 bits per heavy atom. The number of aliphatic hydroxyl groups excluding tert-OH is 1. The average molecular weight is 280 g/mol. The van der Waals surface area contributed by atoms with E-state index in [9.17, 15) is 5.11 Å². The lowest BCUT2D eigenvalue weighted by atomic mass is 10.1. The lowest BCUT2D eigenvalue weighted by molar-refractivity contribution is 0.284. The molecule has 0 aromatic carbocycles. The van der Waals surface area contributed by atoms with Crippen LogP contribution in [0.4, 0.5) is 5.13 Å². The van der Waals surface area contributed by atoms with Crippen molar-refractivity contribution in [2.75, 3.05) is 11.4 Å². The van der Waals surface area contributed by atoms with Gasteiger partial charge in [-0.1, -0.05) is 18.3 Å². The summed E-state index contributed by atoms with van der Waals surface area (Å²) in [6.45, 7) is 4.19. The summed E-state index contributed by atoms with van der Waals surface area (Å²) in [4.78, 5) is 9.53. The zero-order valence-electron chi connectivity index (χ0n) is 10.3. The van der Waals surface area contributed by atoms with E-state index in [-0.39, 0.29) is 6.61 Å². The highest BCUT2D eigenvalue weighted by Gasteiger charge is 2.21. The lowest BCUT2D eigenvalue weighted by Crippen LogP contribution is -2.29. The Bertz CT molecular complexity index is 525. The maximum atomic E-state index is 9.34. The lowest BCUT2D eigenvalue weighted by Gasteiger charge is -2.26. The second-order valence-corrected chi connectivity index (χ2v) is 6.48. The van der Waals surface area contributed by atoms with E-state index >= 15 is 0 Å². The number of rotatable bonds is 3. The molecule has 0 saturated carbocycles. The summed E-state index contributed by atoms with van der Waals surface area (Å²) >= 11 is 3.49. The predicted molar refractivity (Wildman–Crippen MR) is 76.5 cm³/mol. The van der Waals surface area contributed by atoms with Crippen LogP contribution in [-0.4, -0.2) is 16.6 Å². The van der Waals surface area contributed by atoms with Gasteiger partial charge in [0.1, 0.15) is 0 Å². The summed E-state index contributed by atoms with van der Waals surface area (Å²) in [5.41, 5.74) is 2.48. The van der Waals surface area contributed by atoms with Crippen molar-refractivity contribution < 1.29 is 5.11 Å². The summed E-state index contributed by atoms with van der Waals surface area (Å²) in [6, 6.07) is 2.22. The molecule has 18 heavy (non-hydrogen) atoms. The summed E-state index contributed by atoms with van der Waals surface area (Å²) in [5.74, 6) is 0. The molecule has 0 atom stereocenters. The van der Waals surface area contributed by atoms with Crippen molar-refractivity contribution in [1.82, 2.24) is 4.98 Å². The van der Waals surface area contributed by atoms with Gasteiger partial charge in [0.15, 0.2) is 5.13 Å². The summed E-state index contributed by atoms with van der Waals surface area (Å²) < 4.78 is 0. The Balaban J connectivity index is 1.86. The van der Waals surface area contributed by atoms with Gasteiger partial charge < -0.3 is 10.0 Å². The molecule has 0 fully saturated rings. The van der Waals surface area contributed by atoms with Crippen molar-refractivity contribution >= 4 is 27.8 Å². The Morgan fingerprint density at radius 2 is 2.39 bits per heavy atom. The highest BCUT2D eigenvalue weighted by Crippen LogP contribution is 2.32. The molecular weight excluding hydrogens is 264 g/mol. The molecular formula is C13H16N2OS2. The fourth-order valence-electron chi connectivity index (χ4n) is 2.32. The molecule has 5 heteroatoms. The largest absolute Gasteiger partial charge is 0.391 e. The van der Waals surface area contributed by atoms with E-state index in [1.54, 1.807) is 11.3 Å². The van der Waals surface area contributed by atoms with Gasteiger partial charge in [0, 0.05) is 18.0 Å². The molecule has 1 N–H and O–H groups in total. The van der Waals surface area contributed by atoms with Crippen molar-refractivity contribution in [3.05, 3.63) is 32.5 Å². The topological polar surface area (TPSA) is 36.4 Å². The van der Waals surface area contributed by atoms with E-state index in [0.29, 0.717) is 0 Å². The van der Waals surface area contributed by atoms with Crippen LogP contribution >= 0.6 is 22.7 Å². The molecule has 0 unspecified atom stereocenters. The zero-order chi connectivity index (χ0) is 12.5. The van der Waals surface area contributed by atoms with Crippen LogP contribution in [0.15, 0.2) is 11.4 Å². The van der Waals surface area contributed by atoms with Crippen molar-refractivity contribution in [3.63, 3.8) is 0 Å². The van der Waals surface area contributed by atoms with E-state index in [4.69, 9.17) is 0 Å². The highest BCUT2D eigenvalue weighted by atomic mass is 32.1. The number of hydrogen-bond acceptors (Lipinski definition) is 5. The van der Waals surface area contributed by atoms with Crippen LogP contribution in [0.3, 0.4) is 0 Å². The number of anilines is 1. The van der Waals surface area contributed by atoms with Gasteiger partial charge in [0.25, 0.3) is 0 Å². The van der Waals surface area contributed by atoms with E-state index in [1.807, 2.05) is 11.3 Å². The van der Waals surface area contributed by atoms with Crippen LogP contribution in [-0.2, 0) is 26.0 Å². The van der Waals surface area contributed by atoms with E-state index < -0.39 is 0 Å². The van der Waals surface area contributed by atoms with E-state index in [0.717, 1.165) is 41.6 Å². The molecule has 3 rings (SSSR count). The van der Waals surface area contributed by atoms with Crippen LogP contribution in [0.1, 0.15) is 27.9 Å². The molecule has 3 heterocycles. The number of aryl methyl sites for hydroxylation is 1. The fraction of sp³-hybridized carbons (Fsp3) is 0.462. The van der Waals surface area contributed by atoms with Crippen molar-refractivity contribution in [1.29, 1.82) is 0 Å². The number of thiophene rings is 1. The quantitative estimate of drug-likeness (QED) is 0.939. The molecule has 2 aromatic heterocycles. The zero-order valence-corrected chi connectivity index (χ0v) is 12.0. The molecule has 3 nitrogen and oxygen atoms in total. The number of aliphatic hydroxyl groups is 1. The van der Waals surface area contributed by atoms with Gasteiger partial charge in [0.2, 0.25) is 0 Å². The van der Waals surface area contributed by atoms with Crippen LogP contribution in [0.5, 0.6) is 0 Å². The SMILES string of the molecule is CCc1nc(N2CCc3sccc3C2)sc1CO. The molecule has 1 aliphatic heterocycles. The third-order valence-corrected chi connectivity index (χ3v) is 5.49. The van der Waals surface area contributed by atoms with Crippen molar-refractivity contribution in [2.24, 2.45) is 0 Å². The smallest absolute Gasteiger partial charge is 0.186 e. The van der Waals surface area contributed by atoms with Gasteiger partial charge in [-0.2, -0.15) is 0 Å². The standard InChI is InChI=1S/C13H16N2OS2/c1-2-10-12(8-16)18-13(14-10)15-5-3-11-9(7-15)4-6-17-11/h4,6,16H,2-3,5,7-8H2,1H3. The number of nitrogens with zero attached hydrogens (tertiary/aromatic N) is 2. The molecule has 0 bridgehead atoms. The Labute approximate surface area is 115 Å². The first kappa shape index (κ1) is 12.1. The summed E-state index contributed by atoms with van der Waals surface area (Å²) in [5, 5.41) is 12.6. The molecule has 0 radical (unpaired) electrons. The second kappa shape index (κ2) is 4.99. The van der Waals surface area contributed by atoms with E-state index in [2.05, 4.69) is 28.3 Å². The van der Waals surface area contributed by atoms with Gasteiger partial charge in [-0.15, -0.1) is 11.3 Å². The first-order valence-electron chi connectivity index (χ1n) is 6.21. The van der Waals surface area contributed by atoms with Crippen LogP contribution in [0, 0.1) is 0 Å². The van der Waals surface area contributed by atoms with Gasteiger partial charge >= 0.3 is 0 Å². The maximum Gasteiger partial charge on any atom is 0.186 e. The Hall–Kier alpha value is -0.910. The molecule has 0 aliphatic carbocycles. The molecule has 2 aromatic rings. The number of thiazole rings is 1. The third kappa shape index (κ3) is 2.06. The number of fused-ring (bicyclic) bond motifs is 1.